The molecule has 0 unspecified atom stereocenters. The number of aliphatic hydroxyl groups excluding tert-OH is 1. The molecule has 0 aromatic carbocycles. The summed E-state index contributed by atoms with van der Waals surface area (Å²) in [6.07, 6.45) is 1.31. The Kier molecular flexibility index (Phi) is 7.67. The molecule has 0 saturated carbocycles. The van der Waals surface area contributed by atoms with E-state index in [1.807, 2.05) is 0 Å². The first-order valence-corrected chi connectivity index (χ1v) is 4.77. The highest BCUT2D eigenvalue weighted by molar-refractivity contribution is 6.19. The minimum absolute atomic E-state index is 0.205. The van der Waals surface area contributed by atoms with Crippen LogP contribution in [0.2, 0.25) is 0 Å². The van der Waals surface area contributed by atoms with Crippen molar-refractivity contribution in [2.45, 2.75) is 12.5 Å². The van der Waals surface area contributed by atoms with Crippen LogP contribution < -0.4 is 0 Å². The zero-order valence-electron chi connectivity index (χ0n) is 8.31. The van der Waals surface area contributed by atoms with Crippen molar-refractivity contribution in [1.82, 2.24) is 0 Å². The number of carbonyl (C=O) groups is 2. The highest BCUT2D eigenvalue weighted by atomic mass is 35.5. The molecule has 0 spiro atoms. The maximum atomic E-state index is 10.9. The summed E-state index contributed by atoms with van der Waals surface area (Å²) in [4.78, 5) is 21.6. The quantitative estimate of drug-likeness (QED) is 0.407. The summed E-state index contributed by atoms with van der Waals surface area (Å²) in [6, 6.07) is 0. The van der Waals surface area contributed by atoms with E-state index >= 15 is 0 Å². The number of hydrogen-bond donors (Lipinski definition) is 1. The molecule has 0 bridgehead atoms. The van der Waals surface area contributed by atoms with Crippen molar-refractivity contribution in [1.29, 1.82) is 0 Å². The van der Waals surface area contributed by atoms with Crippen LogP contribution in [0.25, 0.3) is 0 Å². The third-order valence-corrected chi connectivity index (χ3v) is 1.57. The van der Waals surface area contributed by atoms with Gasteiger partial charge >= 0.3 is 11.9 Å². The molecule has 6 heteroatoms. The lowest BCUT2D eigenvalue weighted by Gasteiger charge is -2.08. The Morgan fingerprint density at radius 3 is 2.73 bits per heavy atom. The predicted octanol–water partition coefficient (Wildman–Crippen LogP) is 0.249. The van der Waals surface area contributed by atoms with Gasteiger partial charge in [0.1, 0.15) is 6.61 Å². The third-order valence-electron chi connectivity index (χ3n) is 1.39. The molecule has 0 radical (unpaired) electrons. The summed E-state index contributed by atoms with van der Waals surface area (Å²) < 4.78 is 8.93. The van der Waals surface area contributed by atoms with E-state index in [0.717, 1.165) is 6.08 Å². The number of esters is 2. The van der Waals surface area contributed by atoms with E-state index in [9.17, 15) is 14.7 Å². The number of allylic oxidation sites excluding steroid dienone is 1. The lowest BCUT2D eigenvalue weighted by atomic mass is 10.3. The van der Waals surface area contributed by atoms with E-state index < -0.39 is 18.0 Å². The summed E-state index contributed by atoms with van der Waals surface area (Å²) >= 11 is 5.29. The predicted molar refractivity (Wildman–Crippen MR) is 53.5 cm³/mol. The second-order valence-electron chi connectivity index (χ2n) is 2.62. The van der Waals surface area contributed by atoms with Gasteiger partial charge in [0.2, 0.25) is 0 Å². The second-order valence-corrected chi connectivity index (χ2v) is 2.93. The van der Waals surface area contributed by atoms with Crippen molar-refractivity contribution in [3.8, 4) is 0 Å². The summed E-state index contributed by atoms with van der Waals surface area (Å²) in [5, 5.41) is 9.20. The summed E-state index contributed by atoms with van der Waals surface area (Å²) in [7, 11) is 1.21. The number of carbonyl (C=O) groups excluding carboxylic acids is 2. The fraction of sp³-hybridized carbons (Fsp3) is 0.556. The smallest absolute Gasteiger partial charge is 0.330 e. The first-order chi connectivity index (χ1) is 7.10. The minimum Gasteiger partial charge on any atom is -0.469 e. The average Bonchev–Trinajstić information content (AvgIpc) is 2.23. The van der Waals surface area contributed by atoms with Crippen LogP contribution in [0, 0.1) is 0 Å². The molecule has 0 rings (SSSR count). The van der Waals surface area contributed by atoms with Gasteiger partial charge in [-0.15, -0.1) is 11.6 Å². The monoisotopic (exact) mass is 236 g/mol. The van der Waals surface area contributed by atoms with Crippen molar-refractivity contribution in [3.05, 3.63) is 12.2 Å². The fourth-order valence-corrected chi connectivity index (χ4v) is 0.791. The van der Waals surface area contributed by atoms with Gasteiger partial charge in [-0.1, -0.05) is 6.08 Å². The SMILES string of the molecule is COC(=O)C[C@H](O)COC(=O)/C=C/CCl. The van der Waals surface area contributed by atoms with Crippen LogP contribution in [0.15, 0.2) is 12.2 Å². The van der Waals surface area contributed by atoms with Gasteiger partial charge in [0.25, 0.3) is 0 Å². The molecule has 0 aromatic heterocycles. The van der Waals surface area contributed by atoms with Crippen molar-refractivity contribution in [2.24, 2.45) is 0 Å². The molecular weight excluding hydrogens is 224 g/mol. The van der Waals surface area contributed by atoms with E-state index in [1.54, 1.807) is 0 Å². The Bertz CT molecular complexity index is 239. The zero-order valence-corrected chi connectivity index (χ0v) is 9.07. The molecule has 0 heterocycles. The van der Waals surface area contributed by atoms with Crippen molar-refractivity contribution >= 4 is 23.5 Å². The van der Waals surface area contributed by atoms with Crippen LogP contribution in [0.3, 0.4) is 0 Å². The summed E-state index contributed by atoms with van der Waals surface area (Å²) in [6.45, 7) is -0.249. The zero-order chi connectivity index (χ0) is 11.7. The van der Waals surface area contributed by atoms with Crippen LogP contribution >= 0.6 is 11.6 Å². The molecule has 0 aliphatic rings. The largest absolute Gasteiger partial charge is 0.469 e. The molecule has 0 aromatic rings. The van der Waals surface area contributed by atoms with E-state index in [1.165, 1.54) is 13.2 Å². The number of alkyl halides is 1. The molecule has 1 N–H and O–H groups in total. The van der Waals surface area contributed by atoms with Crippen LogP contribution in [0.4, 0.5) is 0 Å². The maximum absolute atomic E-state index is 10.9. The highest BCUT2D eigenvalue weighted by Crippen LogP contribution is 1.96. The van der Waals surface area contributed by atoms with Crippen LogP contribution in [0.5, 0.6) is 0 Å². The molecular formula is C9H13ClO5. The van der Waals surface area contributed by atoms with Crippen LogP contribution in [0.1, 0.15) is 6.42 Å². The number of rotatable bonds is 6. The molecule has 0 saturated heterocycles. The molecule has 0 aliphatic heterocycles. The Balaban J connectivity index is 3.70. The lowest BCUT2D eigenvalue weighted by molar-refractivity contribution is -0.148. The Labute approximate surface area is 92.6 Å². The van der Waals surface area contributed by atoms with Crippen molar-refractivity contribution < 1.29 is 24.2 Å². The Hall–Kier alpha value is -1.07. The maximum Gasteiger partial charge on any atom is 0.330 e. The summed E-state index contributed by atoms with van der Waals surface area (Å²) in [5.41, 5.74) is 0. The van der Waals surface area contributed by atoms with Gasteiger partial charge in [0.15, 0.2) is 0 Å². The standard InChI is InChI=1S/C9H13ClO5/c1-14-9(13)5-7(11)6-15-8(12)3-2-4-10/h2-3,7,11H,4-6H2,1H3/b3-2+/t7-/m0/s1. The van der Waals surface area contributed by atoms with E-state index in [-0.39, 0.29) is 18.9 Å². The Morgan fingerprint density at radius 1 is 1.53 bits per heavy atom. The number of halogens is 1. The fourth-order valence-electron chi connectivity index (χ4n) is 0.702. The second kappa shape index (κ2) is 8.26. The topological polar surface area (TPSA) is 72.8 Å². The third kappa shape index (κ3) is 7.96. The lowest BCUT2D eigenvalue weighted by Crippen LogP contribution is -2.21. The number of hydrogen-bond acceptors (Lipinski definition) is 5. The Morgan fingerprint density at radius 2 is 2.20 bits per heavy atom. The van der Waals surface area contributed by atoms with Gasteiger partial charge < -0.3 is 14.6 Å². The average molecular weight is 237 g/mol. The van der Waals surface area contributed by atoms with Gasteiger partial charge in [-0.3, -0.25) is 4.79 Å². The van der Waals surface area contributed by atoms with E-state index in [4.69, 9.17) is 11.6 Å². The minimum atomic E-state index is -1.05. The first-order valence-electron chi connectivity index (χ1n) is 4.24. The van der Waals surface area contributed by atoms with Gasteiger partial charge in [-0.05, 0) is 0 Å². The van der Waals surface area contributed by atoms with E-state index in [0.29, 0.717) is 0 Å². The number of ether oxygens (including phenoxy) is 2. The molecule has 0 fully saturated rings. The van der Waals surface area contributed by atoms with E-state index in [2.05, 4.69) is 9.47 Å². The first kappa shape index (κ1) is 13.9. The van der Waals surface area contributed by atoms with Gasteiger partial charge in [0.05, 0.1) is 19.6 Å². The number of methoxy groups -OCH3 is 1. The van der Waals surface area contributed by atoms with Crippen molar-refractivity contribution in [2.75, 3.05) is 19.6 Å². The molecule has 1 atom stereocenters. The van der Waals surface area contributed by atoms with Gasteiger partial charge in [-0.2, -0.15) is 0 Å². The molecule has 0 amide bonds. The normalized spacial score (nSPS) is 12.5. The van der Waals surface area contributed by atoms with Crippen LogP contribution in [-0.2, 0) is 19.1 Å². The molecule has 15 heavy (non-hydrogen) atoms. The molecule has 0 aliphatic carbocycles. The number of aliphatic hydroxyl groups is 1. The molecule has 5 nitrogen and oxygen atoms in total. The highest BCUT2D eigenvalue weighted by Gasteiger charge is 2.12. The van der Waals surface area contributed by atoms with Crippen molar-refractivity contribution in [3.63, 3.8) is 0 Å². The van der Waals surface area contributed by atoms with Gasteiger partial charge in [0, 0.05) is 12.0 Å². The van der Waals surface area contributed by atoms with Gasteiger partial charge in [-0.25, -0.2) is 4.79 Å². The van der Waals surface area contributed by atoms with Crippen LogP contribution in [-0.4, -0.2) is 42.7 Å². The summed E-state index contributed by atoms with van der Waals surface area (Å²) in [5.74, 6) is -0.964. The molecule has 86 valence electrons.